The van der Waals surface area contributed by atoms with E-state index in [-0.39, 0.29) is 5.96 Å². The predicted molar refractivity (Wildman–Crippen MR) is 104 cm³/mol. The Labute approximate surface area is 147 Å². The van der Waals surface area contributed by atoms with Crippen molar-refractivity contribution in [3.63, 3.8) is 0 Å². The van der Waals surface area contributed by atoms with Crippen molar-refractivity contribution in [2.75, 3.05) is 17.5 Å². The van der Waals surface area contributed by atoms with Gasteiger partial charge in [-0.2, -0.15) is 5.10 Å². The summed E-state index contributed by atoms with van der Waals surface area (Å²) >= 11 is 0. The molecular formula is C16H24N6O2S. The highest BCUT2D eigenvalue weighted by atomic mass is 32.2. The molecule has 0 aliphatic carbocycles. The third kappa shape index (κ3) is 6.11. The van der Waals surface area contributed by atoms with Crippen molar-refractivity contribution >= 4 is 38.8 Å². The molecule has 2 rings (SSSR count). The number of nitrogens with one attached hydrogen (secondary N) is 3. The number of aromatic amines is 1. The number of rotatable bonds is 8. The highest BCUT2D eigenvalue weighted by molar-refractivity contribution is 7.92. The smallest absolute Gasteiger partial charge is 0.229 e. The number of aliphatic imine (C=N–C) groups is 1. The Balaban J connectivity index is 2.06. The fourth-order valence-corrected chi connectivity index (χ4v) is 2.85. The van der Waals surface area contributed by atoms with Crippen LogP contribution in [0.25, 0.3) is 10.9 Å². The number of nitrogens with two attached hydrogens (primary N) is 1. The van der Waals surface area contributed by atoms with E-state index in [1.54, 1.807) is 30.6 Å². The van der Waals surface area contributed by atoms with Crippen molar-refractivity contribution < 1.29 is 8.42 Å². The van der Waals surface area contributed by atoms with Gasteiger partial charge in [-0.05, 0) is 24.6 Å². The van der Waals surface area contributed by atoms with Gasteiger partial charge in [-0.25, -0.2) is 13.8 Å². The number of nitrogens with zero attached hydrogens (tertiary/aromatic N) is 2. The summed E-state index contributed by atoms with van der Waals surface area (Å²) in [5.41, 5.74) is 10.6. The summed E-state index contributed by atoms with van der Waals surface area (Å²) in [6.07, 6.45) is 7.77. The summed E-state index contributed by atoms with van der Waals surface area (Å²) in [5.74, 6) is 0.270. The Kier molecular flexibility index (Phi) is 6.40. The van der Waals surface area contributed by atoms with E-state index in [0.29, 0.717) is 12.2 Å². The van der Waals surface area contributed by atoms with E-state index in [4.69, 9.17) is 5.73 Å². The molecule has 1 heterocycles. The van der Waals surface area contributed by atoms with Crippen molar-refractivity contribution in [2.24, 2.45) is 15.8 Å². The lowest BCUT2D eigenvalue weighted by atomic mass is 10.2. The van der Waals surface area contributed by atoms with Gasteiger partial charge in [0, 0.05) is 34.9 Å². The first-order valence-electron chi connectivity index (χ1n) is 8.07. The van der Waals surface area contributed by atoms with Crippen molar-refractivity contribution in [3.8, 4) is 0 Å². The zero-order valence-electron chi connectivity index (χ0n) is 14.4. The Morgan fingerprint density at radius 3 is 2.88 bits per heavy atom. The number of hydrazone groups is 1. The highest BCUT2D eigenvalue weighted by Crippen LogP contribution is 2.21. The number of fused-ring (bicyclic) bond motifs is 1. The lowest BCUT2D eigenvalue weighted by Gasteiger charge is -2.04. The van der Waals surface area contributed by atoms with Crippen LogP contribution in [-0.2, 0) is 10.0 Å². The second-order valence-corrected chi connectivity index (χ2v) is 7.47. The minimum atomic E-state index is -3.32. The van der Waals surface area contributed by atoms with Crippen molar-refractivity contribution in [2.45, 2.75) is 26.2 Å². The Bertz CT molecular complexity index is 870. The quantitative estimate of drug-likeness (QED) is 0.247. The van der Waals surface area contributed by atoms with Crippen molar-refractivity contribution in [3.05, 3.63) is 30.0 Å². The molecule has 0 unspecified atom stereocenters. The van der Waals surface area contributed by atoms with Gasteiger partial charge >= 0.3 is 0 Å². The number of hydrogen-bond donors (Lipinski definition) is 4. The van der Waals surface area contributed by atoms with E-state index in [9.17, 15) is 8.42 Å². The molecule has 1 aromatic carbocycles. The van der Waals surface area contributed by atoms with Crippen molar-refractivity contribution in [1.29, 1.82) is 0 Å². The van der Waals surface area contributed by atoms with E-state index in [1.807, 2.05) is 0 Å². The lowest BCUT2D eigenvalue weighted by molar-refractivity contribution is 0.607. The number of H-pyrrole nitrogens is 1. The normalized spacial score (nSPS) is 12.8. The first kappa shape index (κ1) is 18.8. The molecule has 136 valence electrons. The summed E-state index contributed by atoms with van der Waals surface area (Å²) in [4.78, 5) is 7.29. The van der Waals surface area contributed by atoms with Gasteiger partial charge in [0.1, 0.15) is 0 Å². The van der Waals surface area contributed by atoms with Gasteiger partial charge in [0.15, 0.2) is 0 Å². The summed E-state index contributed by atoms with van der Waals surface area (Å²) in [6, 6.07) is 5.24. The molecule has 0 spiro atoms. The maximum absolute atomic E-state index is 11.4. The van der Waals surface area contributed by atoms with Crippen LogP contribution in [0.4, 0.5) is 5.69 Å². The molecule has 8 nitrogen and oxygen atoms in total. The van der Waals surface area contributed by atoms with Gasteiger partial charge in [-0.15, -0.1) is 0 Å². The summed E-state index contributed by atoms with van der Waals surface area (Å²) < 4.78 is 25.2. The average molecular weight is 364 g/mol. The van der Waals surface area contributed by atoms with E-state index >= 15 is 0 Å². The van der Waals surface area contributed by atoms with Gasteiger partial charge in [-0.3, -0.25) is 9.71 Å². The second-order valence-electron chi connectivity index (χ2n) is 5.72. The second kappa shape index (κ2) is 8.52. The van der Waals surface area contributed by atoms with E-state index < -0.39 is 10.0 Å². The minimum absolute atomic E-state index is 0.270. The Morgan fingerprint density at radius 1 is 1.36 bits per heavy atom. The summed E-state index contributed by atoms with van der Waals surface area (Å²) in [7, 11) is -3.32. The number of guanidine groups is 1. The molecule has 5 N–H and O–H groups in total. The van der Waals surface area contributed by atoms with Gasteiger partial charge in [0.25, 0.3) is 0 Å². The zero-order valence-corrected chi connectivity index (χ0v) is 15.2. The molecule has 1 aromatic heterocycles. The molecule has 0 radical (unpaired) electrons. The van der Waals surface area contributed by atoms with Crippen LogP contribution >= 0.6 is 0 Å². The minimum Gasteiger partial charge on any atom is -0.369 e. The molecule has 0 amide bonds. The molecule has 9 heteroatoms. The molecule has 0 fully saturated rings. The van der Waals surface area contributed by atoms with Gasteiger partial charge in [0.2, 0.25) is 16.0 Å². The van der Waals surface area contributed by atoms with Gasteiger partial charge in [-0.1, -0.05) is 19.8 Å². The summed E-state index contributed by atoms with van der Waals surface area (Å²) in [6.45, 7) is 2.81. The Hall–Kier alpha value is -2.55. The third-order valence-corrected chi connectivity index (χ3v) is 4.05. The van der Waals surface area contributed by atoms with Crippen LogP contribution in [0.15, 0.2) is 34.5 Å². The first-order valence-corrected chi connectivity index (χ1v) is 9.96. The molecule has 2 aromatic rings. The maximum atomic E-state index is 11.4. The largest absolute Gasteiger partial charge is 0.369 e. The van der Waals surface area contributed by atoms with Crippen molar-refractivity contribution in [1.82, 2.24) is 10.4 Å². The lowest BCUT2D eigenvalue weighted by Crippen LogP contribution is -2.27. The molecular weight excluding hydrogens is 340 g/mol. The molecule has 0 bridgehead atoms. The maximum Gasteiger partial charge on any atom is 0.229 e. The molecule has 25 heavy (non-hydrogen) atoms. The topological polar surface area (TPSA) is 125 Å². The van der Waals surface area contributed by atoms with E-state index in [1.165, 1.54) is 0 Å². The van der Waals surface area contributed by atoms with Crippen LogP contribution in [0, 0.1) is 0 Å². The number of sulfonamides is 1. The molecule has 0 saturated carbocycles. The number of anilines is 1. The van der Waals surface area contributed by atoms with Crippen LogP contribution in [0.2, 0.25) is 0 Å². The highest BCUT2D eigenvalue weighted by Gasteiger charge is 2.06. The van der Waals surface area contributed by atoms with Crippen LogP contribution in [0.5, 0.6) is 0 Å². The monoisotopic (exact) mass is 364 g/mol. The molecule has 0 saturated heterocycles. The number of aromatic nitrogens is 1. The molecule has 0 aliphatic heterocycles. The fraction of sp³-hybridized carbons (Fsp3) is 0.375. The van der Waals surface area contributed by atoms with Crippen LogP contribution in [0.1, 0.15) is 31.7 Å². The number of hydrogen-bond acceptors (Lipinski definition) is 4. The van der Waals surface area contributed by atoms with E-state index in [2.05, 4.69) is 32.1 Å². The van der Waals surface area contributed by atoms with Gasteiger partial charge in [0.05, 0.1) is 12.5 Å². The standard InChI is InChI=1S/C16H24N6O2S/c1-3-4-5-8-18-16(17)21-20-11-12-10-19-15-7-6-13(9-14(12)15)22-25(2,23)24/h6-7,9-11,19,22H,3-5,8H2,1-2H3,(H3,17,18,21)/b20-11+. The third-order valence-electron chi connectivity index (χ3n) is 3.44. The summed E-state index contributed by atoms with van der Waals surface area (Å²) in [5, 5.41) is 4.92. The van der Waals surface area contributed by atoms with Gasteiger partial charge < -0.3 is 10.7 Å². The average Bonchev–Trinajstić information content (AvgIpc) is 2.93. The fourth-order valence-electron chi connectivity index (χ4n) is 2.29. The number of unbranched alkanes of at least 4 members (excludes halogenated alkanes) is 2. The van der Waals surface area contributed by atoms with Crippen LogP contribution in [-0.4, -0.2) is 38.4 Å². The Morgan fingerprint density at radius 2 is 2.16 bits per heavy atom. The first-order chi connectivity index (χ1) is 11.9. The van der Waals surface area contributed by atoms with E-state index in [0.717, 1.165) is 42.0 Å². The predicted octanol–water partition coefficient (Wildman–Crippen LogP) is 1.97. The van der Waals surface area contributed by atoms with Crippen LogP contribution in [0.3, 0.4) is 0 Å². The molecule has 0 atom stereocenters. The number of benzene rings is 1. The molecule has 0 aliphatic rings. The van der Waals surface area contributed by atoms with Crippen LogP contribution < -0.4 is 15.9 Å². The zero-order chi connectivity index (χ0) is 18.3. The SMILES string of the molecule is CCCCCN=C(N)N/N=C/c1c[nH]c2ccc(NS(C)(=O)=O)cc12.